The van der Waals surface area contributed by atoms with Crippen molar-refractivity contribution >= 4 is 15.7 Å². The Hall–Kier alpha value is -1.07. The smallest absolute Gasteiger partial charge is 0.241 e. The molecular formula is C15H24N2O2S. The normalized spacial score (nSPS) is 17.1. The van der Waals surface area contributed by atoms with E-state index < -0.39 is 10.0 Å². The molecule has 20 heavy (non-hydrogen) atoms. The van der Waals surface area contributed by atoms with Crippen LogP contribution in [0.2, 0.25) is 0 Å². The Kier molecular flexibility index (Phi) is 4.39. The summed E-state index contributed by atoms with van der Waals surface area (Å²) in [5.74, 6) is 0.700. The predicted octanol–water partition coefficient (Wildman–Crippen LogP) is 2.74. The van der Waals surface area contributed by atoms with E-state index in [1.165, 1.54) is 12.8 Å². The molecule has 1 aromatic carbocycles. The van der Waals surface area contributed by atoms with Gasteiger partial charge in [-0.15, -0.1) is 0 Å². The number of nitrogens with one attached hydrogen (secondary N) is 1. The van der Waals surface area contributed by atoms with E-state index in [0.29, 0.717) is 22.1 Å². The second-order valence-electron chi connectivity index (χ2n) is 5.88. The lowest BCUT2D eigenvalue weighted by Crippen LogP contribution is -2.35. The number of benzene rings is 1. The van der Waals surface area contributed by atoms with Crippen molar-refractivity contribution in [1.82, 2.24) is 4.72 Å². The van der Waals surface area contributed by atoms with Gasteiger partial charge in [0.05, 0.1) is 4.90 Å². The van der Waals surface area contributed by atoms with E-state index in [1.54, 1.807) is 19.1 Å². The maximum atomic E-state index is 12.6. The summed E-state index contributed by atoms with van der Waals surface area (Å²) in [4.78, 5) is 0.309. The van der Waals surface area contributed by atoms with Crippen molar-refractivity contribution in [3.05, 3.63) is 23.3 Å². The molecule has 0 radical (unpaired) electrons. The fraction of sp³-hybridized carbons (Fsp3) is 0.600. The molecule has 0 amide bonds. The molecule has 1 fully saturated rings. The summed E-state index contributed by atoms with van der Waals surface area (Å²) in [6.07, 6.45) is 4.22. The fourth-order valence-electron chi connectivity index (χ4n) is 2.47. The van der Waals surface area contributed by atoms with Gasteiger partial charge in [0, 0.05) is 11.7 Å². The Labute approximate surface area is 121 Å². The zero-order chi connectivity index (χ0) is 14.9. The molecule has 4 nitrogen and oxygen atoms in total. The number of anilines is 1. The number of nitrogens with two attached hydrogens (primary N) is 1. The summed E-state index contributed by atoms with van der Waals surface area (Å²) in [5.41, 5.74) is 7.90. The SMILES string of the molecule is CCC(CC1CC1)NS(=O)(=O)c1cc(C)cc(N)c1C. The number of hydrogen-bond donors (Lipinski definition) is 2. The van der Waals surface area contributed by atoms with Gasteiger partial charge in [-0.3, -0.25) is 0 Å². The van der Waals surface area contributed by atoms with Crippen LogP contribution in [-0.2, 0) is 10.0 Å². The van der Waals surface area contributed by atoms with Crippen LogP contribution in [-0.4, -0.2) is 14.5 Å². The van der Waals surface area contributed by atoms with Crippen molar-refractivity contribution in [1.29, 1.82) is 0 Å². The first-order valence-corrected chi connectivity index (χ1v) is 8.71. The zero-order valence-electron chi connectivity index (χ0n) is 12.4. The average molecular weight is 296 g/mol. The third kappa shape index (κ3) is 3.52. The van der Waals surface area contributed by atoms with Crippen molar-refractivity contribution in [3.8, 4) is 0 Å². The molecule has 1 aliphatic rings. The molecule has 0 saturated heterocycles. The van der Waals surface area contributed by atoms with Gasteiger partial charge in [0.15, 0.2) is 0 Å². The Balaban J connectivity index is 2.24. The second kappa shape index (κ2) is 5.74. The van der Waals surface area contributed by atoms with Gasteiger partial charge in [-0.2, -0.15) is 0 Å². The van der Waals surface area contributed by atoms with Crippen LogP contribution in [0.5, 0.6) is 0 Å². The van der Waals surface area contributed by atoms with Gasteiger partial charge < -0.3 is 5.73 Å². The van der Waals surface area contributed by atoms with E-state index in [-0.39, 0.29) is 6.04 Å². The number of rotatable bonds is 6. The lowest BCUT2D eigenvalue weighted by molar-refractivity contribution is 0.495. The highest BCUT2D eigenvalue weighted by molar-refractivity contribution is 7.89. The van der Waals surface area contributed by atoms with E-state index >= 15 is 0 Å². The first-order chi connectivity index (χ1) is 9.33. The maximum Gasteiger partial charge on any atom is 0.241 e. The highest BCUT2D eigenvalue weighted by Crippen LogP contribution is 2.34. The largest absolute Gasteiger partial charge is 0.398 e. The van der Waals surface area contributed by atoms with Gasteiger partial charge in [0.2, 0.25) is 10.0 Å². The number of nitrogen functional groups attached to an aromatic ring is 1. The van der Waals surface area contributed by atoms with Crippen molar-refractivity contribution < 1.29 is 8.42 Å². The van der Waals surface area contributed by atoms with Crippen molar-refractivity contribution in [2.75, 3.05) is 5.73 Å². The lowest BCUT2D eigenvalue weighted by Gasteiger charge is -2.18. The van der Waals surface area contributed by atoms with E-state index in [4.69, 9.17) is 5.73 Å². The van der Waals surface area contributed by atoms with Crippen molar-refractivity contribution in [2.45, 2.75) is 57.4 Å². The molecule has 1 atom stereocenters. The summed E-state index contributed by atoms with van der Waals surface area (Å²) < 4.78 is 28.0. The number of aryl methyl sites for hydroxylation is 1. The highest BCUT2D eigenvalue weighted by atomic mass is 32.2. The molecule has 0 heterocycles. The number of sulfonamides is 1. The minimum Gasteiger partial charge on any atom is -0.398 e. The van der Waals surface area contributed by atoms with Crippen LogP contribution in [0.15, 0.2) is 17.0 Å². The predicted molar refractivity (Wildman–Crippen MR) is 82.1 cm³/mol. The molecule has 5 heteroatoms. The fourth-order valence-corrected chi connectivity index (χ4v) is 4.16. The molecule has 2 rings (SSSR count). The van der Waals surface area contributed by atoms with Crippen LogP contribution >= 0.6 is 0 Å². The quantitative estimate of drug-likeness (QED) is 0.793. The van der Waals surface area contributed by atoms with E-state index in [1.807, 2.05) is 13.8 Å². The van der Waals surface area contributed by atoms with Crippen LogP contribution in [0, 0.1) is 19.8 Å². The molecule has 1 saturated carbocycles. The summed E-state index contributed by atoms with van der Waals surface area (Å²) >= 11 is 0. The van der Waals surface area contributed by atoms with E-state index in [0.717, 1.165) is 18.4 Å². The zero-order valence-corrected chi connectivity index (χ0v) is 13.3. The molecule has 0 aliphatic heterocycles. The molecule has 3 N–H and O–H groups in total. The second-order valence-corrected chi connectivity index (χ2v) is 7.57. The van der Waals surface area contributed by atoms with Gasteiger partial charge >= 0.3 is 0 Å². The van der Waals surface area contributed by atoms with Crippen LogP contribution < -0.4 is 10.5 Å². The first-order valence-electron chi connectivity index (χ1n) is 7.22. The van der Waals surface area contributed by atoms with Gasteiger partial charge in [-0.05, 0) is 55.9 Å². The first kappa shape index (κ1) is 15.3. The Bertz CT molecular complexity index is 592. The molecule has 0 aromatic heterocycles. The summed E-state index contributed by atoms with van der Waals surface area (Å²) in [7, 11) is -3.50. The highest BCUT2D eigenvalue weighted by Gasteiger charge is 2.28. The standard InChI is InChI=1S/C15H24N2O2S/c1-4-13(9-12-5-6-12)17-20(18,19)15-8-10(2)7-14(16)11(15)3/h7-8,12-13,17H,4-6,9,16H2,1-3H3. The van der Waals surface area contributed by atoms with Gasteiger partial charge in [-0.25, -0.2) is 13.1 Å². The summed E-state index contributed by atoms with van der Waals surface area (Å²) in [5, 5.41) is 0. The molecule has 1 aliphatic carbocycles. The molecular weight excluding hydrogens is 272 g/mol. The molecule has 112 valence electrons. The monoisotopic (exact) mass is 296 g/mol. The topological polar surface area (TPSA) is 72.2 Å². The average Bonchev–Trinajstić information content (AvgIpc) is 3.16. The van der Waals surface area contributed by atoms with Gasteiger partial charge in [0.1, 0.15) is 0 Å². The summed E-state index contributed by atoms with van der Waals surface area (Å²) in [6.45, 7) is 5.63. The van der Waals surface area contributed by atoms with Crippen LogP contribution in [0.4, 0.5) is 5.69 Å². The molecule has 1 aromatic rings. The Morgan fingerprint density at radius 2 is 2.00 bits per heavy atom. The molecule has 0 bridgehead atoms. The number of hydrogen-bond acceptors (Lipinski definition) is 3. The minimum absolute atomic E-state index is 0.0219. The van der Waals surface area contributed by atoms with Gasteiger partial charge in [0.25, 0.3) is 0 Å². The Morgan fingerprint density at radius 3 is 2.55 bits per heavy atom. The lowest BCUT2D eigenvalue weighted by atomic mass is 10.1. The van der Waals surface area contributed by atoms with Crippen molar-refractivity contribution in [3.63, 3.8) is 0 Å². The molecule has 0 spiro atoms. The van der Waals surface area contributed by atoms with E-state index in [2.05, 4.69) is 4.72 Å². The van der Waals surface area contributed by atoms with Crippen molar-refractivity contribution in [2.24, 2.45) is 5.92 Å². The minimum atomic E-state index is -3.50. The van der Waals surface area contributed by atoms with E-state index in [9.17, 15) is 8.42 Å². The molecule has 1 unspecified atom stereocenters. The third-order valence-corrected chi connectivity index (χ3v) is 5.61. The van der Waals surface area contributed by atoms with Crippen LogP contribution in [0.25, 0.3) is 0 Å². The third-order valence-electron chi connectivity index (χ3n) is 3.96. The Morgan fingerprint density at radius 1 is 1.35 bits per heavy atom. The van der Waals surface area contributed by atoms with Crippen LogP contribution in [0.3, 0.4) is 0 Å². The summed E-state index contributed by atoms with van der Waals surface area (Å²) in [6, 6.07) is 3.52. The van der Waals surface area contributed by atoms with Crippen LogP contribution in [0.1, 0.15) is 43.7 Å². The maximum absolute atomic E-state index is 12.6. The van der Waals surface area contributed by atoms with Gasteiger partial charge in [-0.1, -0.05) is 19.8 Å².